The molecule has 1 aromatic carbocycles. The van der Waals surface area contributed by atoms with Gasteiger partial charge in [-0.1, -0.05) is 6.07 Å². The normalized spacial score (nSPS) is 15.2. The second kappa shape index (κ2) is 4.77. The van der Waals surface area contributed by atoms with E-state index in [1.54, 1.807) is 0 Å². The van der Waals surface area contributed by atoms with Crippen LogP contribution in [0, 0.1) is 0 Å². The van der Waals surface area contributed by atoms with Crippen LogP contribution in [0.5, 0.6) is 5.75 Å². The van der Waals surface area contributed by atoms with Crippen molar-refractivity contribution in [1.29, 1.82) is 0 Å². The maximum absolute atomic E-state index is 11.0. The number of benzene rings is 1. The lowest BCUT2D eigenvalue weighted by Crippen LogP contribution is -2.31. The fourth-order valence-corrected chi connectivity index (χ4v) is 1.64. The van der Waals surface area contributed by atoms with Crippen LogP contribution >= 0.6 is 0 Å². The van der Waals surface area contributed by atoms with E-state index in [-0.39, 0.29) is 22.9 Å². The van der Waals surface area contributed by atoms with Crippen LogP contribution < -0.4 is 10.2 Å². The Kier molecular flexibility index (Phi) is 3.35. The van der Waals surface area contributed by atoms with Crippen LogP contribution in [-0.2, 0) is 0 Å². The third kappa shape index (κ3) is 2.59. The number of carboxylic acids is 1. The van der Waals surface area contributed by atoms with E-state index in [9.17, 15) is 4.79 Å². The molecule has 0 aromatic heterocycles. The minimum absolute atomic E-state index is 0.0409. The Bertz CT molecular complexity index is 428. The summed E-state index contributed by atoms with van der Waals surface area (Å²) in [7, 11) is -1.62. The lowest BCUT2D eigenvalue weighted by Gasteiger charge is -2.27. The van der Waals surface area contributed by atoms with Gasteiger partial charge in [-0.15, -0.1) is 0 Å². The molecule has 1 saturated carbocycles. The van der Waals surface area contributed by atoms with Gasteiger partial charge in [-0.05, 0) is 36.9 Å². The fraction of sp³-hybridized carbons (Fsp3) is 0.364. The minimum Gasteiger partial charge on any atom is -0.490 e. The molecule has 0 amide bonds. The van der Waals surface area contributed by atoms with E-state index >= 15 is 0 Å². The number of hydrogen-bond acceptors (Lipinski definition) is 4. The number of hydrogen-bond donors (Lipinski definition) is 3. The van der Waals surface area contributed by atoms with Crippen LogP contribution in [-0.4, -0.2) is 34.3 Å². The smallest absolute Gasteiger partial charge is 0.488 e. The van der Waals surface area contributed by atoms with Gasteiger partial charge in [0.25, 0.3) is 0 Å². The molecule has 3 N–H and O–H groups in total. The van der Waals surface area contributed by atoms with Gasteiger partial charge < -0.3 is 19.9 Å². The number of rotatable bonds is 4. The summed E-state index contributed by atoms with van der Waals surface area (Å²) in [6, 6.07) is 4.05. The summed E-state index contributed by atoms with van der Waals surface area (Å²) in [5.41, 5.74) is 0.269. The molecule has 0 atom stereocenters. The summed E-state index contributed by atoms with van der Waals surface area (Å²) in [6.45, 7) is 0. The zero-order valence-corrected chi connectivity index (χ0v) is 9.17. The molecule has 0 aliphatic heterocycles. The molecule has 6 heteroatoms. The maximum Gasteiger partial charge on any atom is 0.488 e. The lowest BCUT2D eigenvalue weighted by atomic mass is 9.80. The average Bonchev–Trinajstić information content (AvgIpc) is 2.22. The second-order valence-corrected chi connectivity index (χ2v) is 4.11. The molecule has 90 valence electrons. The van der Waals surface area contributed by atoms with E-state index in [4.69, 9.17) is 19.9 Å². The predicted molar refractivity (Wildman–Crippen MR) is 61.5 cm³/mol. The monoisotopic (exact) mass is 236 g/mol. The van der Waals surface area contributed by atoms with Gasteiger partial charge in [0.2, 0.25) is 0 Å². The van der Waals surface area contributed by atoms with E-state index in [2.05, 4.69) is 0 Å². The van der Waals surface area contributed by atoms with Crippen molar-refractivity contribution in [2.45, 2.75) is 25.4 Å². The summed E-state index contributed by atoms with van der Waals surface area (Å²) in [4.78, 5) is 11.0. The molecular weight excluding hydrogens is 223 g/mol. The highest BCUT2D eigenvalue weighted by atomic mass is 16.5. The molecule has 0 heterocycles. The van der Waals surface area contributed by atoms with E-state index in [1.807, 2.05) is 0 Å². The first-order chi connectivity index (χ1) is 8.08. The van der Waals surface area contributed by atoms with Crippen molar-refractivity contribution in [2.75, 3.05) is 0 Å². The minimum atomic E-state index is -1.62. The molecule has 1 aliphatic carbocycles. The van der Waals surface area contributed by atoms with E-state index in [0.29, 0.717) is 0 Å². The van der Waals surface area contributed by atoms with Gasteiger partial charge in [0.1, 0.15) is 11.3 Å². The van der Waals surface area contributed by atoms with Crippen LogP contribution in [0.15, 0.2) is 18.2 Å². The Balaban J connectivity index is 2.28. The van der Waals surface area contributed by atoms with Crippen molar-refractivity contribution in [3.8, 4) is 5.75 Å². The highest BCUT2D eigenvalue weighted by molar-refractivity contribution is 6.58. The van der Waals surface area contributed by atoms with Crippen molar-refractivity contribution in [2.24, 2.45) is 0 Å². The molecule has 0 radical (unpaired) electrons. The predicted octanol–water partition coefficient (Wildman–Crippen LogP) is -0.00410. The topological polar surface area (TPSA) is 87.0 Å². The molecule has 0 saturated heterocycles. The van der Waals surface area contributed by atoms with E-state index < -0.39 is 13.1 Å². The van der Waals surface area contributed by atoms with E-state index in [0.717, 1.165) is 19.3 Å². The van der Waals surface area contributed by atoms with Crippen LogP contribution in [0.25, 0.3) is 0 Å². The van der Waals surface area contributed by atoms with Gasteiger partial charge in [-0.3, -0.25) is 0 Å². The Morgan fingerprint density at radius 3 is 2.53 bits per heavy atom. The highest BCUT2D eigenvalue weighted by Gasteiger charge is 2.23. The molecule has 2 rings (SSSR count). The fourth-order valence-electron chi connectivity index (χ4n) is 1.64. The van der Waals surface area contributed by atoms with Gasteiger partial charge in [0.05, 0.1) is 6.10 Å². The standard InChI is InChI=1S/C11H13BO5/c13-11(14)9-5-4-7(12(15)16)6-10(9)17-8-2-1-3-8/h4-6,8,15-16H,1-3H2,(H,13,14). The van der Waals surface area contributed by atoms with Gasteiger partial charge in [0, 0.05) is 0 Å². The van der Waals surface area contributed by atoms with E-state index in [1.165, 1.54) is 18.2 Å². The summed E-state index contributed by atoms with van der Waals surface area (Å²) < 4.78 is 5.53. The Morgan fingerprint density at radius 1 is 1.35 bits per heavy atom. The zero-order chi connectivity index (χ0) is 12.4. The molecule has 1 fully saturated rings. The van der Waals surface area contributed by atoms with Crippen LogP contribution in [0.1, 0.15) is 29.6 Å². The summed E-state index contributed by atoms with van der Waals surface area (Å²) in [5.74, 6) is -0.883. The second-order valence-electron chi connectivity index (χ2n) is 4.11. The number of carboxylic acid groups (broad SMARTS) is 1. The lowest BCUT2D eigenvalue weighted by molar-refractivity contribution is 0.0680. The van der Waals surface area contributed by atoms with Gasteiger partial charge in [-0.25, -0.2) is 4.79 Å². The summed E-state index contributed by atoms with van der Waals surface area (Å²) in [5, 5.41) is 27.1. The molecule has 17 heavy (non-hydrogen) atoms. The highest BCUT2D eigenvalue weighted by Crippen LogP contribution is 2.27. The maximum atomic E-state index is 11.0. The molecule has 5 nitrogen and oxygen atoms in total. The quantitative estimate of drug-likeness (QED) is 0.640. The van der Waals surface area contributed by atoms with Crippen molar-refractivity contribution >= 4 is 18.6 Å². The average molecular weight is 236 g/mol. The zero-order valence-electron chi connectivity index (χ0n) is 9.17. The van der Waals surface area contributed by atoms with Crippen molar-refractivity contribution < 1.29 is 24.7 Å². The van der Waals surface area contributed by atoms with Gasteiger partial charge >= 0.3 is 13.1 Å². The van der Waals surface area contributed by atoms with Crippen molar-refractivity contribution in [1.82, 2.24) is 0 Å². The Hall–Kier alpha value is -1.53. The SMILES string of the molecule is O=C(O)c1ccc(B(O)O)cc1OC1CCC1. The van der Waals surface area contributed by atoms with Crippen LogP contribution in [0.3, 0.4) is 0 Å². The molecule has 0 spiro atoms. The first-order valence-corrected chi connectivity index (χ1v) is 5.48. The molecular formula is C11H13BO5. The molecule has 1 aliphatic rings. The summed E-state index contributed by atoms with van der Waals surface area (Å²) >= 11 is 0. The van der Waals surface area contributed by atoms with Gasteiger partial charge in [0.15, 0.2) is 0 Å². The molecule has 0 bridgehead atoms. The Morgan fingerprint density at radius 2 is 2.06 bits per heavy atom. The first kappa shape index (κ1) is 11.9. The molecule has 0 unspecified atom stereocenters. The van der Waals surface area contributed by atoms with Crippen LogP contribution in [0.2, 0.25) is 0 Å². The van der Waals surface area contributed by atoms with Crippen LogP contribution in [0.4, 0.5) is 0 Å². The largest absolute Gasteiger partial charge is 0.490 e. The Labute approximate surface area is 98.8 Å². The van der Waals surface area contributed by atoms with Gasteiger partial charge in [-0.2, -0.15) is 0 Å². The number of aromatic carboxylic acids is 1. The van der Waals surface area contributed by atoms with Crippen molar-refractivity contribution in [3.63, 3.8) is 0 Å². The number of carbonyl (C=O) groups is 1. The van der Waals surface area contributed by atoms with Crippen molar-refractivity contribution in [3.05, 3.63) is 23.8 Å². The third-order valence-electron chi connectivity index (χ3n) is 2.88. The first-order valence-electron chi connectivity index (χ1n) is 5.48. The molecule has 1 aromatic rings. The number of ether oxygens (including phenoxy) is 1. The third-order valence-corrected chi connectivity index (χ3v) is 2.88. The summed E-state index contributed by atoms with van der Waals surface area (Å²) in [6.07, 6.45) is 2.94.